The number of aliphatic hydroxyl groups excluding tert-OH is 1. The van der Waals surface area contributed by atoms with Gasteiger partial charge in [-0.2, -0.15) is 0 Å². The van der Waals surface area contributed by atoms with E-state index < -0.39 is 133 Å². The number of primary amides is 3. The second-order valence-electron chi connectivity index (χ2n) is 15.2. The number of phenolic OH excluding ortho intramolecular Hbond substituents is 1. The molecule has 1 aromatic rings. The highest BCUT2D eigenvalue weighted by Gasteiger charge is 2.41. The van der Waals surface area contributed by atoms with Gasteiger partial charge in [0.2, 0.25) is 59.1 Å². The van der Waals surface area contributed by atoms with Crippen LogP contribution in [-0.4, -0.2) is 130 Å². The minimum absolute atomic E-state index is 0.0600. The van der Waals surface area contributed by atoms with Gasteiger partial charge in [0.05, 0.1) is 13.0 Å². The molecule has 1 fully saturated rings. The quantitative estimate of drug-likeness (QED) is 0.0500. The molecule has 332 valence electrons. The fourth-order valence-corrected chi connectivity index (χ4v) is 6.39. The smallest absolute Gasteiger partial charge is 0.246 e. The number of nitrogens with one attached hydrogen (secondary N) is 6. The van der Waals surface area contributed by atoms with Gasteiger partial charge in [-0.25, -0.2) is 0 Å². The number of benzene rings is 1. The van der Waals surface area contributed by atoms with Gasteiger partial charge in [-0.1, -0.05) is 39.8 Å². The predicted molar refractivity (Wildman–Crippen MR) is 212 cm³/mol. The molecule has 1 aliphatic heterocycles. The third-order valence-electron chi connectivity index (χ3n) is 9.57. The zero-order valence-corrected chi connectivity index (χ0v) is 34.3. The zero-order chi connectivity index (χ0) is 45.4. The number of hydrogen-bond donors (Lipinski definition) is 11. The van der Waals surface area contributed by atoms with E-state index in [2.05, 4.69) is 31.9 Å². The van der Waals surface area contributed by atoms with Crippen LogP contribution in [0.1, 0.15) is 72.3 Å². The van der Waals surface area contributed by atoms with Crippen molar-refractivity contribution in [3.8, 4) is 5.75 Å². The summed E-state index contributed by atoms with van der Waals surface area (Å²) in [5, 5.41) is 34.0. The molecular weight excluding hydrogens is 788 g/mol. The predicted octanol–water partition coefficient (Wildman–Crippen LogP) is -4.22. The number of amides is 10. The number of nitrogens with two attached hydrogens (primary N) is 3. The number of carbonyl (C=O) groups is 10. The lowest BCUT2D eigenvalue weighted by Crippen LogP contribution is -2.61. The maximum absolute atomic E-state index is 14.4. The molecule has 1 aromatic carbocycles. The molecule has 2 rings (SSSR count). The molecule has 0 unspecified atom stereocenters. The molecule has 0 aliphatic carbocycles. The average Bonchev–Trinajstić information content (AvgIpc) is 3.66. The molecule has 22 heteroatoms. The molecule has 0 radical (unpaired) electrons. The van der Waals surface area contributed by atoms with Crippen LogP contribution in [0.4, 0.5) is 0 Å². The van der Waals surface area contributed by atoms with Crippen LogP contribution in [0.3, 0.4) is 0 Å². The fourth-order valence-electron chi connectivity index (χ4n) is 6.39. The Kier molecular flexibility index (Phi) is 19.4. The van der Waals surface area contributed by atoms with E-state index in [4.69, 9.17) is 17.2 Å². The Labute approximate surface area is 346 Å². The van der Waals surface area contributed by atoms with Gasteiger partial charge in [0.1, 0.15) is 48.0 Å². The minimum atomic E-state index is -1.76. The summed E-state index contributed by atoms with van der Waals surface area (Å²) >= 11 is 0. The van der Waals surface area contributed by atoms with Crippen molar-refractivity contribution in [2.75, 3.05) is 13.2 Å². The van der Waals surface area contributed by atoms with E-state index in [0.29, 0.717) is 12.0 Å². The first-order chi connectivity index (χ1) is 28.0. The van der Waals surface area contributed by atoms with Crippen LogP contribution in [0.25, 0.3) is 0 Å². The molecule has 0 saturated carbocycles. The van der Waals surface area contributed by atoms with Gasteiger partial charge in [0.25, 0.3) is 0 Å². The summed E-state index contributed by atoms with van der Waals surface area (Å²) in [4.78, 5) is 130. The Bertz CT molecular complexity index is 1760. The van der Waals surface area contributed by atoms with Crippen LogP contribution in [-0.2, 0) is 54.4 Å². The first kappa shape index (κ1) is 49.8. The topological polar surface area (TPSA) is 365 Å². The Morgan fingerprint density at radius 2 is 1.25 bits per heavy atom. The molecule has 22 nitrogen and oxygen atoms in total. The van der Waals surface area contributed by atoms with Crippen molar-refractivity contribution in [2.24, 2.45) is 29.0 Å². The normalized spacial score (nSPS) is 16.6. The van der Waals surface area contributed by atoms with Crippen molar-refractivity contribution in [1.82, 2.24) is 36.8 Å². The standard InChI is InChI=1S/C38H58N10O12/c1-18(2)30(32(41)54)46-37(59)31(19(3)4)47-36(58)27-7-6-14-48(27)38(60)25(15-21-8-10-22(51)11-9-21)45-34(56)24(16-29(40)53)44-33(55)23(12-13-28(39)52)43-35(57)26(17-49)42-20(5)50/h8-11,18-19,23-27,30-31,49,51H,6-7,12-17H2,1-5H3,(H2,39,52)(H2,40,53)(H2,41,54)(H,42,50)(H,43,57)(H,44,55)(H,45,56)(H,46,59)(H,47,58)/t23-,24-,25+,26-,27+,30+,31-/m1/s1. The highest BCUT2D eigenvalue weighted by Crippen LogP contribution is 2.21. The van der Waals surface area contributed by atoms with E-state index in [1.54, 1.807) is 27.7 Å². The van der Waals surface area contributed by atoms with E-state index >= 15 is 0 Å². The summed E-state index contributed by atoms with van der Waals surface area (Å²) in [5.41, 5.74) is 16.6. The van der Waals surface area contributed by atoms with E-state index in [1.807, 2.05) is 0 Å². The number of aromatic hydroxyl groups is 1. The molecule has 1 aliphatic rings. The van der Waals surface area contributed by atoms with Crippen LogP contribution < -0.4 is 49.1 Å². The van der Waals surface area contributed by atoms with E-state index in [0.717, 1.165) is 6.92 Å². The second kappa shape index (κ2) is 23.3. The summed E-state index contributed by atoms with van der Waals surface area (Å²) in [6.45, 7) is 7.00. The Morgan fingerprint density at radius 3 is 1.77 bits per heavy atom. The monoisotopic (exact) mass is 846 g/mol. The Balaban J connectivity index is 2.43. The summed E-state index contributed by atoms with van der Waals surface area (Å²) < 4.78 is 0. The largest absolute Gasteiger partial charge is 0.508 e. The van der Waals surface area contributed by atoms with Crippen molar-refractivity contribution in [3.05, 3.63) is 29.8 Å². The van der Waals surface area contributed by atoms with Crippen molar-refractivity contribution in [1.29, 1.82) is 0 Å². The fraction of sp³-hybridized carbons (Fsp3) is 0.579. The lowest BCUT2D eigenvalue weighted by atomic mass is 9.99. The van der Waals surface area contributed by atoms with Gasteiger partial charge in [-0.3, -0.25) is 47.9 Å². The van der Waals surface area contributed by atoms with Crippen LogP contribution in [0, 0.1) is 11.8 Å². The molecule has 7 atom stereocenters. The number of hydrogen-bond acceptors (Lipinski definition) is 12. The van der Waals surface area contributed by atoms with Crippen molar-refractivity contribution in [2.45, 2.75) is 115 Å². The van der Waals surface area contributed by atoms with Crippen LogP contribution in [0.5, 0.6) is 5.75 Å². The molecule has 60 heavy (non-hydrogen) atoms. The Hall–Kier alpha value is -6.32. The lowest BCUT2D eigenvalue weighted by molar-refractivity contribution is -0.143. The molecule has 0 aromatic heterocycles. The number of rotatable bonds is 23. The third-order valence-corrected chi connectivity index (χ3v) is 9.57. The average molecular weight is 847 g/mol. The van der Waals surface area contributed by atoms with Gasteiger partial charge < -0.3 is 64.2 Å². The SMILES string of the molecule is CC(=O)N[C@H](CO)C(=O)N[C@H](CCC(N)=O)C(=O)N[C@H](CC(N)=O)C(=O)N[C@@H](Cc1ccc(O)cc1)C(=O)N1CCC[C@H]1C(=O)N[C@@H](C(=O)N[C@H](C(N)=O)C(C)C)C(C)C. The van der Waals surface area contributed by atoms with E-state index in [1.165, 1.54) is 29.2 Å². The lowest BCUT2D eigenvalue weighted by Gasteiger charge is -2.32. The van der Waals surface area contributed by atoms with E-state index in [-0.39, 0.29) is 31.1 Å². The molecule has 10 amide bonds. The third kappa shape index (κ3) is 15.5. The zero-order valence-electron chi connectivity index (χ0n) is 34.3. The highest BCUT2D eigenvalue weighted by atomic mass is 16.3. The number of aliphatic hydroxyl groups is 1. The minimum Gasteiger partial charge on any atom is -0.508 e. The first-order valence-corrected chi connectivity index (χ1v) is 19.4. The summed E-state index contributed by atoms with van der Waals surface area (Å²) in [6.07, 6.45) is -1.32. The van der Waals surface area contributed by atoms with Gasteiger partial charge in [-0.05, 0) is 48.8 Å². The van der Waals surface area contributed by atoms with Crippen molar-refractivity contribution >= 4 is 59.1 Å². The number of phenols is 1. The van der Waals surface area contributed by atoms with E-state index in [9.17, 15) is 58.2 Å². The molecule has 1 heterocycles. The number of likely N-dealkylation sites (tertiary alicyclic amines) is 1. The van der Waals surface area contributed by atoms with Gasteiger partial charge in [0.15, 0.2) is 0 Å². The maximum atomic E-state index is 14.4. The first-order valence-electron chi connectivity index (χ1n) is 19.4. The molecule has 0 bridgehead atoms. The van der Waals surface area contributed by atoms with Gasteiger partial charge in [-0.15, -0.1) is 0 Å². The maximum Gasteiger partial charge on any atom is 0.246 e. The summed E-state index contributed by atoms with van der Waals surface area (Å²) in [6, 6.07) is -3.91. The molecule has 1 saturated heterocycles. The molecular formula is C38H58N10O12. The number of carbonyl (C=O) groups excluding carboxylic acids is 10. The van der Waals surface area contributed by atoms with Gasteiger partial charge >= 0.3 is 0 Å². The summed E-state index contributed by atoms with van der Waals surface area (Å²) in [7, 11) is 0. The molecule has 14 N–H and O–H groups in total. The highest BCUT2D eigenvalue weighted by molar-refractivity contribution is 5.99. The Morgan fingerprint density at radius 1 is 0.700 bits per heavy atom. The second-order valence-corrected chi connectivity index (χ2v) is 15.2. The summed E-state index contributed by atoms with van der Waals surface area (Å²) in [5.74, 6) is -9.56. The van der Waals surface area contributed by atoms with Crippen molar-refractivity contribution in [3.63, 3.8) is 0 Å². The van der Waals surface area contributed by atoms with Crippen molar-refractivity contribution < 1.29 is 58.2 Å². The van der Waals surface area contributed by atoms with Crippen LogP contribution in [0.2, 0.25) is 0 Å². The van der Waals surface area contributed by atoms with Crippen LogP contribution in [0.15, 0.2) is 24.3 Å². The van der Waals surface area contributed by atoms with Gasteiger partial charge in [0, 0.05) is 26.3 Å². The molecule has 0 spiro atoms. The number of nitrogens with zero attached hydrogens (tertiary/aromatic N) is 1. The van der Waals surface area contributed by atoms with Crippen LogP contribution >= 0.6 is 0 Å².